The number of likely N-dealkylation sites (tertiary alicyclic amines) is 1. The maximum absolute atomic E-state index is 12.6. The molecule has 0 radical (unpaired) electrons. The second-order valence-corrected chi connectivity index (χ2v) is 7.16. The third-order valence-electron chi connectivity index (χ3n) is 4.67. The summed E-state index contributed by atoms with van der Waals surface area (Å²) in [7, 11) is 1.75. The van der Waals surface area contributed by atoms with Gasteiger partial charge < -0.3 is 14.5 Å². The molecule has 0 spiro atoms. The molecule has 0 unspecified atom stereocenters. The van der Waals surface area contributed by atoms with Crippen LogP contribution in [0.1, 0.15) is 12.0 Å². The summed E-state index contributed by atoms with van der Waals surface area (Å²) >= 11 is 5.85. The van der Waals surface area contributed by atoms with Crippen molar-refractivity contribution in [1.82, 2.24) is 9.80 Å². The van der Waals surface area contributed by atoms with Crippen LogP contribution in [0.3, 0.4) is 0 Å². The molecule has 3 rings (SSSR count). The summed E-state index contributed by atoms with van der Waals surface area (Å²) in [4.78, 5) is 28.3. The van der Waals surface area contributed by atoms with Crippen LogP contribution in [-0.2, 0) is 16.1 Å². The first-order chi connectivity index (χ1) is 13.0. The van der Waals surface area contributed by atoms with Crippen LogP contribution in [0.25, 0.3) is 0 Å². The Hall–Kier alpha value is -2.53. The molecule has 0 N–H and O–H groups in total. The molecule has 1 atom stereocenters. The van der Waals surface area contributed by atoms with Gasteiger partial charge in [0.2, 0.25) is 11.8 Å². The van der Waals surface area contributed by atoms with Crippen molar-refractivity contribution < 1.29 is 14.3 Å². The second kappa shape index (κ2) is 8.91. The van der Waals surface area contributed by atoms with Gasteiger partial charge in [-0.3, -0.25) is 9.59 Å². The number of likely N-dealkylation sites (N-methyl/N-ethyl adjacent to an activating group) is 1. The van der Waals surface area contributed by atoms with Crippen LogP contribution >= 0.6 is 11.6 Å². The monoisotopic (exact) mass is 386 g/mol. The van der Waals surface area contributed by atoms with E-state index in [0.29, 0.717) is 37.0 Å². The van der Waals surface area contributed by atoms with Gasteiger partial charge in [-0.25, -0.2) is 0 Å². The number of hydrogen-bond acceptors (Lipinski definition) is 3. The number of ether oxygens (including phenoxy) is 1. The fourth-order valence-corrected chi connectivity index (χ4v) is 3.27. The first kappa shape index (κ1) is 19.2. The highest BCUT2D eigenvalue weighted by Crippen LogP contribution is 2.22. The number of carbonyl (C=O) groups excluding carboxylic acids is 2. The van der Waals surface area contributed by atoms with Gasteiger partial charge in [0.05, 0.1) is 12.5 Å². The van der Waals surface area contributed by atoms with Gasteiger partial charge in [-0.15, -0.1) is 0 Å². The maximum atomic E-state index is 12.6. The van der Waals surface area contributed by atoms with Crippen LogP contribution in [-0.4, -0.2) is 48.4 Å². The minimum Gasteiger partial charge on any atom is -0.492 e. The molecular formula is C21H23ClN2O3. The van der Waals surface area contributed by atoms with Gasteiger partial charge >= 0.3 is 0 Å². The third kappa shape index (κ3) is 5.23. The molecule has 0 aromatic heterocycles. The molecule has 1 aliphatic heterocycles. The van der Waals surface area contributed by atoms with Crippen molar-refractivity contribution in [1.29, 1.82) is 0 Å². The minimum atomic E-state index is -0.290. The topological polar surface area (TPSA) is 49.9 Å². The van der Waals surface area contributed by atoms with Crippen LogP contribution in [0.5, 0.6) is 5.75 Å². The average molecular weight is 387 g/mol. The quantitative estimate of drug-likeness (QED) is 0.734. The highest BCUT2D eigenvalue weighted by Gasteiger charge is 2.35. The van der Waals surface area contributed by atoms with Crippen molar-refractivity contribution in [3.8, 4) is 5.75 Å². The highest BCUT2D eigenvalue weighted by atomic mass is 35.5. The van der Waals surface area contributed by atoms with Gasteiger partial charge in [0, 0.05) is 31.6 Å². The molecule has 5 nitrogen and oxygen atoms in total. The Balaban J connectivity index is 1.47. The summed E-state index contributed by atoms with van der Waals surface area (Å²) in [6.45, 7) is 1.87. The van der Waals surface area contributed by atoms with Crippen LogP contribution in [0.15, 0.2) is 54.6 Å². The van der Waals surface area contributed by atoms with Crippen molar-refractivity contribution in [2.75, 3.05) is 26.7 Å². The molecular weight excluding hydrogens is 364 g/mol. The van der Waals surface area contributed by atoms with E-state index in [4.69, 9.17) is 16.3 Å². The fraction of sp³-hybridized carbons (Fsp3) is 0.333. The lowest BCUT2D eigenvalue weighted by Gasteiger charge is -2.21. The Morgan fingerprint density at radius 2 is 1.89 bits per heavy atom. The first-order valence-electron chi connectivity index (χ1n) is 8.98. The molecule has 6 heteroatoms. The summed E-state index contributed by atoms with van der Waals surface area (Å²) in [5.41, 5.74) is 1.07. The van der Waals surface area contributed by atoms with E-state index in [9.17, 15) is 9.59 Å². The van der Waals surface area contributed by atoms with E-state index in [0.717, 1.165) is 5.56 Å². The predicted octanol–water partition coefficient (Wildman–Crippen LogP) is 3.23. The Labute approximate surface area is 164 Å². The zero-order valence-corrected chi connectivity index (χ0v) is 16.1. The number of benzene rings is 2. The molecule has 2 aromatic carbocycles. The molecule has 0 aliphatic carbocycles. The standard InChI is InChI=1S/C21H23ClN2O3/c1-23(11-12-27-19-9-7-18(22)8-10-19)21(26)17-13-20(25)24(15-17)14-16-5-3-2-4-6-16/h2-10,17H,11-15H2,1H3/t17-/m0/s1. The Kier molecular flexibility index (Phi) is 6.35. The molecule has 27 heavy (non-hydrogen) atoms. The Morgan fingerprint density at radius 3 is 2.59 bits per heavy atom. The van der Waals surface area contributed by atoms with Crippen molar-refractivity contribution in [2.45, 2.75) is 13.0 Å². The van der Waals surface area contributed by atoms with Gasteiger partial charge in [0.25, 0.3) is 0 Å². The SMILES string of the molecule is CN(CCOc1ccc(Cl)cc1)C(=O)[C@H]1CC(=O)N(Cc2ccccc2)C1. The summed E-state index contributed by atoms with van der Waals surface area (Å²) in [5.74, 6) is 0.439. The molecule has 2 amide bonds. The maximum Gasteiger partial charge on any atom is 0.227 e. The predicted molar refractivity (Wildman–Crippen MR) is 105 cm³/mol. The summed E-state index contributed by atoms with van der Waals surface area (Å²) in [5, 5.41) is 0.653. The molecule has 1 fully saturated rings. The summed E-state index contributed by atoms with van der Waals surface area (Å²) in [6, 6.07) is 16.9. The van der Waals surface area contributed by atoms with Crippen LogP contribution in [0.2, 0.25) is 5.02 Å². The third-order valence-corrected chi connectivity index (χ3v) is 4.92. The van der Waals surface area contributed by atoms with Crippen LogP contribution in [0, 0.1) is 5.92 Å². The molecule has 2 aromatic rings. The van der Waals surface area contributed by atoms with Crippen molar-refractivity contribution in [3.63, 3.8) is 0 Å². The molecule has 1 heterocycles. The lowest BCUT2D eigenvalue weighted by molar-refractivity contribution is -0.134. The van der Waals surface area contributed by atoms with E-state index in [2.05, 4.69) is 0 Å². The van der Waals surface area contributed by atoms with E-state index in [1.807, 2.05) is 30.3 Å². The Morgan fingerprint density at radius 1 is 1.19 bits per heavy atom. The van der Waals surface area contributed by atoms with Gasteiger partial charge in [-0.2, -0.15) is 0 Å². The normalized spacial score (nSPS) is 16.4. The van der Waals surface area contributed by atoms with E-state index in [1.54, 1.807) is 41.1 Å². The van der Waals surface area contributed by atoms with Crippen molar-refractivity contribution in [3.05, 3.63) is 65.2 Å². The van der Waals surface area contributed by atoms with E-state index in [-0.39, 0.29) is 24.2 Å². The lowest BCUT2D eigenvalue weighted by atomic mass is 10.1. The largest absolute Gasteiger partial charge is 0.492 e. The lowest BCUT2D eigenvalue weighted by Crippen LogP contribution is -2.37. The minimum absolute atomic E-state index is 0.0152. The molecule has 1 aliphatic rings. The van der Waals surface area contributed by atoms with Crippen LogP contribution < -0.4 is 4.74 Å². The smallest absolute Gasteiger partial charge is 0.227 e. The number of rotatable bonds is 7. The number of nitrogens with zero attached hydrogens (tertiary/aromatic N) is 2. The van der Waals surface area contributed by atoms with E-state index < -0.39 is 0 Å². The average Bonchev–Trinajstić information content (AvgIpc) is 3.04. The Bertz CT molecular complexity index is 780. The van der Waals surface area contributed by atoms with Gasteiger partial charge in [0.1, 0.15) is 12.4 Å². The zero-order valence-electron chi connectivity index (χ0n) is 15.3. The molecule has 1 saturated heterocycles. The molecule has 142 valence electrons. The summed E-state index contributed by atoms with van der Waals surface area (Å²) < 4.78 is 5.64. The molecule has 0 saturated carbocycles. The molecule has 0 bridgehead atoms. The van der Waals surface area contributed by atoms with Crippen molar-refractivity contribution >= 4 is 23.4 Å². The van der Waals surface area contributed by atoms with Gasteiger partial charge in [-0.1, -0.05) is 41.9 Å². The van der Waals surface area contributed by atoms with Gasteiger partial charge in [0.15, 0.2) is 0 Å². The van der Waals surface area contributed by atoms with E-state index >= 15 is 0 Å². The first-order valence-corrected chi connectivity index (χ1v) is 9.36. The number of hydrogen-bond donors (Lipinski definition) is 0. The van der Waals surface area contributed by atoms with Crippen LogP contribution in [0.4, 0.5) is 0 Å². The highest BCUT2D eigenvalue weighted by molar-refractivity contribution is 6.30. The second-order valence-electron chi connectivity index (χ2n) is 6.72. The summed E-state index contributed by atoms with van der Waals surface area (Å²) in [6.07, 6.45) is 0.272. The van der Waals surface area contributed by atoms with Crippen molar-refractivity contribution in [2.24, 2.45) is 5.92 Å². The number of carbonyl (C=O) groups is 2. The number of amides is 2. The fourth-order valence-electron chi connectivity index (χ4n) is 3.15. The number of halogens is 1. The van der Waals surface area contributed by atoms with E-state index in [1.165, 1.54) is 0 Å². The zero-order chi connectivity index (χ0) is 19.2. The van der Waals surface area contributed by atoms with Gasteiger partial charge in [-0.05, 0) is 29.8 Å².